The largest absolute Gasteiger partial charge is 0.461 e. The third-order valence-electron chi connectivity index (χ3n) is 15.6. The highest BCUT2D eigenvalue weighted by atomic mass is 16.7. The van der Waals surface area contributed by atoms with Crippen LogP contribution in [0.5, 0.6) is 0 Å². The predicted molar refractivity (Wildman–Crippen MR) is 164 cm³/mol. The summed E-state index contributed by atoms with van der Waals surface area (Å²) in [6, 6.07) is 0. The standard InChI is InChI=1S/C36H56O9/c1-31(2)14-19-18-8-9-22-33(5)12-11-24(44-29-28(41)27(40)26(39)20(17-37)43-29)32(3,4)21(33)10-13-34(22,6)35(18,7)15-23(38)36(19)16-25(31)45-30(36)42/h8,19-29,37-41H,9-17H2,1-7H3/t19-,20+,21-,22+,23?,24?,25?,26+,27-,28+,29-,33-,34+,35+,36+/m0/s1. The molecule has 254 valence electrons. The molecule has 1 spiro atoms. The van der Waals surface area contributed by atoms with Gasteiger partial charge in [-0.15, -0.1) is 0 Å². The zero-order valence-corrected chi connectivity index (χ0v) is 28.2. The van der Waals surface area contributed by atoms with Crippen LogP contribution in [-0.2, 0) is 19.0 Å². The molecular weight excluding hydrogens is 576 g/mol. The number of ether oxygens (including phenoxy) is 3. The number of hydrogen-bond acceptors (Lipinski definition) is 9. The van der Waals surface area contributed by atoms with Crippen molar-refractivity contribution in [1.82, 2.24) is 0 Å². The van der Waals surface area contributed by atoms with Gasteiger partial charge in [-0.3, -0.25) is 4.79 Å². The molecule has 15 atom stereocenters. The predicted octanol–water partition coefficient (Wildman–Crippen LogP) is 3.48. The van der Waals surface area contributed by atoms with Crippen LogP contribution in [0.1, 0.15) is 99.8 Å². The molecule has 7 aliphatic rings. The molecular formula is C36H56O9. The maximum atomic E-state index is 13.5. The summed E-state index contributed by atoms with van der Waals surface area (Å²) >= 11 is 0. The number of esters is 1. The number of hydrogen-bond donors (Lipinski definition) is 5. The van der Waals surface area contributed by atoms with E-state index in [2.05, 4.69) is 54.5 Å². The van der Waals surface area contributed by atoms with E-state index in [9.17, 15) is 30.3 Å². The Morgan fingerprint density at radius 1 is 0.889 bits per heavy atom. The van der Waals surface area contributed by atoms with Gasteiger partial charge in [0.1, 0.15) is 35.9 Å². The molecule has 0 aromatic carbocycles. The zero-order chi connectivity index (χ0) is 32.7. The van der Waals surface area contributed by atoms with Crippen molar-refractivity contribution in [2.24, 2.45) is 50.2 Å². The van der Waals surface area contributed by atoms with Crippen LogP contribution in [-0.4, -0.2) is 87.1 Å². The topological polar surface area (TPSA) is 146 Å². The van der Waals surface area contributed by atoms with Crippen LogP contribution in [0.2, 0.25) is 0 Å². The lowest BCUT2D eigenvalue weighted by molar-refractivity contribution is -0.330. The van der Waals surface area contributed by atoms with E-state index >= 15 is 0 Å². The number of carbonyl (C=O) groups excluding carboxylic acids is 1. The number of allylic oxidation sites excluding steroid dienone is 2. The van der Waals surface area contributed by atoms with Crippen LogP contribution in [0.4, 0.5) is 0 Å². The van der Waals surface area contributed by atoms with Crippen LogP contribution in [0.3, 0.4) is 0 Å². The van der Waals surface area contributed by atoms with Crippen LogP contribution in [0, 0.1) is 50.2 Å². The number of rotatable bonds is 3. The SMILES string of the molecule is CC1(C)C[C@H]2C3=CC[C@@H]4[C@@]5(C)CCC(O[C@@H]6O[C@H](CO)[C@@H](O)[C@H](O)[C@H]6O)C(C)(C)[C@@H]5CC[C@@]4(C)[C@]3(C)CC(O)[C@@]23CC1OC3=O. The Labute approximate surface area is 267 Å². The summed E-state index contributed by atoms with van der Waals surface area (Å²) in [6.07, 6.45) is 1.63. The van der Waals surface area contributed by atoms with E-state index in [0.717, 1.165) is 38.5 Å². The van der Waals surface area contributed by atoms with Gasteiger partial charge in [0.25, 0.3) is 0 Å². The van der Waals surface area contributed by atoms with E-state index in [-0.39, 0.29) is 51.2 Å². The molecule has 5 aliphatic carbocycles. The fourth-order valence-electron chi connectivity index (χ4n) is 12.7. The molecule has 2 aliphatic heterocycles. The average Bonchev–Trinajstić information content (AvgIpc) is 3.28. The minimum atomic E-state index is -1.46. The first-order valence-electron chi connectivity index (χ1n) is 17.4. The second-order valence-electron chi connectivity index (χ2n) is 18.1. The van der Waals surface area contributed by atoms with Gasteiger partial charge < -0.3 is 39.7 Å². The summed E-state index contributed by atoms with van der Waals surface area (Å²) in [6.45, 7) is 15.7. The second-order valence-corrected chi connectivity index (χ2v) is 18.1. The van der Waals surface area contributed by atoms with Crippen molar-refractivity contribution in [1.29, 1.82) is 0 Å². The molecule has 9 nitrogen and oxygen atoms in total. The number of aliphatic hydroxyl groups excluding tert-OH is 5. The Bertz CT molecular complexity index is 1260. The molecule has 7 rings (SSSR count). The first kappa shape index (κ1) is 32.5. The normalized spacial score (nSPS) is 56.2. The highest BCUT2D eigenvalue weighted by Gasteiger charge is 2.74. The van der Waals surface area contributed by atoms with Gasteiger partial charge in [-0.25, -0.2) is 0 Å². The molecule has 9 heteroatoms. The van der Waals surface area contributed by atoms with Gasteiger partial charge in [-0.2, -0.15) is 0 Å². The molecule has 0 radical (unpaired) electrons. The van der Waals surface area contributed by atoms with Gasteiger partial charge in [0.05, 0.1) is 18.8 Å². The summed E-state index contributed by atoms with van der Waals surface area (Å²) in [5, 5.41) is 53.0. The minimum absolute atomic E-state index is 0.0000861. The van der Waals surface area contributed by atoms with Gasteiger partial charge >= 0.3 is 5.97 Å². The van der Waals surface area contributed by atoms with Crippen LogP contribution in [0.25, 0.3) is 0 Å². The van der Waals surface area contributed by atoms with Crippen molar-refractivity contribution in [2.75, 3.05) is 6.61 Å². The van der Waals surface area contributed by atoms with E-state index in [1.165, 1.54) is 5.57 Å². The Kier molecular flexibility index (Phi) is 7.21. The smallest absolute Gasteiger partial charge is 0.315 e. The van der Waals surface area contributed by atoms with Crippen molar-refractivity contribution in [3.8, 4) is 0 Å². The van der Waals surface area contributed by atoms with Crippen LogP contribution < -0.4 is 0 Å². The summed E-state index contributed by atoms with van der Waals surface area (Å²) < 4.78 is 18.2. The summed E-state index contributed by atoms with van der Waals surface area (Å²) in [5.41, 5.74) is -0.141. The Hall–Kier alpha value is -1.07. The molecule has 3 unspecified atom stereocenters. The lowest BCUT2D eigenvalue weighted by atomic mass is 9.33. The third-order valence-corrected chi connectivity index (χ3v) is 15.6. The highest BCUT2D eigenvalue weighted by Crippen LogP contribution is 2.76. The van der Waals surface area contributed by atoms with E-state index < -0.39 is 48.8 Å². The quantitative estimate of drug-likeness (QED) is 0.179. The monoisotopic (exact) mass is 632 g/mol. The molecule has 2 bridgehead atoms. The fourth-order valence-corrected chi connectivity index (χ4v) is 12.7. The van der Waals surface area contributed by atoms with Crippen molar-refractivity contribution in [3.63, 3.8) is 0 Å². The van der Waals surface area contributed by atoms with Crippen molar-refractivity contribution in [3.05, 3.63) is 11.6 Å². The first-order valence-corrected chi connectivity index (χ1v) is 17.4. The molecule has 0 aromatic heterocycles. The molecule has 0 amide bonds. The van der Waals surface area contributed by atoms with Crippen molar-refractivity contribution in [2.45, 2.75) is 149 Å². The van der Waals surface area contributed by atoms with E-state index in [4.69, 9.17) is 14.2 Å². The molecule has 0 aromatic rings. The van der Waals surface area contributed by atoms with E-state index in [0.29, 0.717) is 24.7 Å². The highest BCUT2D eigenvalue weighted by molar-refractivity contribution is 5.82. The van der Waals surface area contributed by atoms with Gasteiger partial charge in [-0.1, -0.05) is 60.1 Å². The Morgan fingerprint density at radius 2 is 1.60 bits per heavy atom. The first-order chi connectivity index (χ1) is 20.9. The van der Waals surface area contributed by atoms with Crippen LogP contribution >= 0.6 is 0 Å². The maximum absolute atomic E-state index is 13.5. The van der Waals surface area contributed by atoms with E-state index in [1.807, 2.05) is 0 Å². The molecule has 2 saturated heterocycles. The minimum Gasteiger partial charge on any atom is -0.461 e. The average molecular weight is 633 g/mol. The lowest BCUT2D eigenvalue weighted by Crippen LogP contribution is -2.67. The zero-order valence-electron chi connectivity index (χ0n) is 28.2. The van der Waals surface area contributed by atoms with Crippen LogP contribution in [0.15, 0.2) is 11.6 Å². The van der Waals surface area contributed by atoms with Crippen molar-refractivity contribution >= 4 is 5.97 Å². The number of fused-ring (bicyclic) bond motifs is 7. The Morgan fingerprint density at radius 3 is 2.29 bits per heavy atom. The molecule has 5 N–H and O–H groups in total. The third kappa shape index (κ3) is 4.01. The van der Waals surface area contributed by atoms with Gasteiger partial charge in [0.2, 0.25) is 0 Å². The lowest BCUT2D eigenvalue weighted by Gasteiger charge is -2.71. The summed E-state index contributed by atoms with van der Waals surface area (Å²) in [5.74, 6) is 0.506. The maximum Gasteiger partial charge on any atom is 0.315 e. The Balaban J connectivity index is 1.19. The van der Waals surface area contributed by atoms with Gasteiger partial charge in [-0.05, 0) is 84.4 Å². The second kappa shape index (κ2) is 9.99. The molecule has 4 saturated carbocycles. The molecule has 45 heavy (non-hydrogen) atoms. The van der Waals surface area contributed by atoms with Gasteiger partial charge in [0, 0.05) is 11.8 Å². The number of aliphatic hydroxyl groups is 5. The number of carbonyl (C=O) groups is 1. The van der Waals surface area contributed by atoms with Gasteiger partial charge in [0.15, 0.2) is 6.29 Å². The molecule has 2 heterocycles. The van der Waals surface area contributed by atoms with E-state index in [1.54, 1.807) is 0 Å². The summed E-state index contributed by atoms with van der Waals surface area (Å²) in [7, 11) is 0. The fraction of sp³-hybridized carbons (Fsp3) is 0.917. The van der Waals surface area contributed by atoms with Crippen molar-refractivity contribution < 1.29 is 44.5 Å². The summed E-state index contributed by atoms with van der Waals surface area (Å²) in [4.78, 5) is 13.5. The molecule has 6 fully saturated rings.